The monoisotopic (exact) mass is 317 g/mol. The van der Waals surface area contributed by atoms with Gasteiger partial charge in [0.15, 0.2) is 0 Å². The van der Waals surface area contributed by atoms with Crippen molar-refractivity contribution in [2.45, 2.75) is 40.2 Å². The van der Waals surface area contributed by atoms with E-state index in [1.54, 1.807) is 0 Å². The molecular formula is C20H35N3. The van der Waals surface area contributed by atoms with E-state index in [0.717, 1.165) is 38.6 Å². The van der Waals surface area contributed by atoms with E-state index in [-0.39, 0.29) is 0 Å². The van der Waals surface area contributed by atoms with Crippen molar-refractivity contribution in [3.05, 3.63) is 35.4 Å². The van der Waals surface area contributed by atoms with E-state index < -0.39 is 0 Å². The Hall–Kier alpha value is -0.900. The minimum atomic E-state index is 0.510. The second-order valence-electron chi connectivity index (χ2n) is 7.13. The smallest absolute Gasteiger partial charge is 0.0474 e. The molecule has 3 nitrogen and oxygen atoms in total. The maximum absolute atomic E-state index is 3.46. The summed E-state index contributed by atoms with van der Waals surface area (Å²) in [5, 5.41) is 3.46. The SMILES string of the molecule is CCN(CC)C(CN1CCNCC1)c1ccc(CC(C)C)cc1. The first-order chi connectivity index (χ1) is 11.1. The van der Waals surface area contributed by atoms with Crippen molar-refractivity contribution in [3.8, 4) is 0 Å². The van der Waals surface area contributed by atoms with Crippen LogP contribution in [0.3, 0.4) is 0 Å². The summed E-state index contributed by atoms with van der Waals surface area (Å²) in [5.41, 5.74) is 2.93. The standard InChI is InChI=1S/C20H35N3/c1-5-23(6-2)20(16-22-13-11-21-12-14-22)19-9-7-18(8-10-19)15-17(3)4/h7-10,17,20-21H,5-6,11-16H2,1-4H3. The van der Waals surface area contributed by atoms with Crippen LogP contribution in [0.4, 0.5) is 0 Å². The molecule has 2 rings (SSSR count). The number of piperazine rings is 1. The topological polar surface area (TPSA) is 18.5 Å². The number of nitrogens with zero attached hydrogens (tertiary/aromatic N) is 2. The van der Waals surface area contributed by atoms with Crippen LogP contribution in [0.25, 0.3) is 0 Å². The predicted molar refractivity (Wildman–Crippen MR) is 100.0 cm³/mol. The molecule has 1 heterocycles. The highest BCUT2D eigenvalue weighted by Crippen LogP contribution is 2.23. The normalized spacial score (nSPS) is 17.8. The van der Waals surface area contributed by atoms with Gasteiger partial charge in [0.05, 0.1) is 0 Å². The number of benzene rings is 1. The lowest BCUT2D eigenvalue weighted by Gasteiger charge is -2.36. The summed E-state index contributed by atoms with van der Waals surface area (Å²) in [5.74, 6) is 0.722. The third kappa shape index (κ3) is 5.59. The minimum absolute atomic E-state index is 0.510. The van der Waals surface area contributed by atoms with Gasteiger partial charge in [0.2, 0.25) is 0 Å². The molecule has 1 aromatic carbocycles. The Labute approximate surface area is 143 Å². The van der Waals surface area contributed by atoms with Gasteiger partial charge in [0.25, 0.3) is 0 Å². The van der Waals surface area contributed by atoms with E-state index in [0.29, 0.717) is 6.04 Å². The van der Waals surface area contributed by atoms with E-state index in [9.17, 15) is 0 Å². The molecule has 23 heavy (non-hydrogen) atoms. The van der Waals surface area contributed by atoms with Crippen LogP contribution < -0.4 is 5.32 Å². The predicted octanol–water partition coefficient (Wildman–Crippen LogP) is 3.17. The molecule has 0 spiro atoms. The molecule has 1 unspecified atom stereocenters. The van der Waals surface area contributed by atoms with Crippen molar-refractivity contribution < 1.29 is 0 Å². The lowest BCUT2D eigenvalue weighted by atomic mass is 9.98. The van der Waals surface area contributed by atoms with E-state index >= 15 is 0 Å². The summed E-state index contributed by atoms with van der Waals surface area (Å²) in [7, 11) is 0. The molecule has 1 atom stereocenters. The summed E-state index contributed by atoms with van der Waals surface area (Å²) in [6.07, 6.45) is 1.17. The fourth-order valence-electron chi connectivity index (χ4n) is 3.58. The summed E-state index contributed by atoms with van der Waals surface area (Å²) < 4.78 is 0. The first kappa shape index (κ1) is 18.4. The zero-order valence-corrected chi connectivity index (χ0v) is 15.5. The van der Waals surface area contributed by atoms with Crippen LogP contribution in [-0.2, 0) is 6.42 Å². The Balaban J connectivity index is 2.11. The van der Waals surface area contributed by atoms with E-state index in [1.165, 1.54) is 30.6 Å². The highest BCUT2D eigenvalue weighted by atomic mass is 15.2. The van der Waals surface area contributed by atoms with Crippen LogP contribution in [0.1, 0.15) is 44.9 Å². The maximum atomic E-state index is 3.46. The molecule has 1 aliphatic heterocycles. The molecule has 0 saturated carbocycles. The van der Waals surface area contributed by atoms with Crippen molar-refractivity contribution in [3.63, 3.8) is 0 Å². The fraction of sp³-hybridized carbons (Fsp3) is 0.700. The van der Waals surface area contributed by atoms with Gasteiger partial charge < -0.3 is 5.32 Å². The van der Waals surface area contributed by atoms with Crippen molar-refractivity contribution in [1.29, 1.82) is 0 Å². The molecule has 1 N–H and O–H groups in total. The first-order valence-electron chi connectivity index (χ1n) is 9.40. The Kier molecular flexibility index (Phi) is 7.54. The largest absolute Gasteiger partial charge is 0.314 e. The van der Waals surface area contributed by atoms with Crippen LogP contribution in [0.5, 0.6) is 0 Å². The number of likely N-dealkylation sites (N-methyl/N-ethyl adjacent to an activating group) is 1. The Morgan fingerprint density at radius 1 is 1.04 bits per heavy atom. The average Bonchev–Trinajstić information content (AvgIpc) is 2.56. The summed E-state index contributed by atoms with van der Waals surface area (Å²) in [6.45, 7) is 17.1. The summed E-state index contributed by atoms with van der Waals surface area (Å²) >= 11 is 0. The van der Waals surface area contributed by atoms with Crippen LogP contribution in [-0.4, -0.2) is 55.6 Å². The van der Waals surface area contributed by atoms with Crippen LogP contribution in [0.15, 0.2) is 24.3 Å². The molecule has 0 radical (unpaired) electrons. The fourth-order valence-corrected chi connectivity index (χ4v) is 3.58. The minimum Gasteiger partial charge on any atom is -0.314 e. The van der Waals surface area contributed by atoms with Gasteiger partial charge in [-0.2, -0.15) is 0 Å². The molecule has 1 aliphatic rings. The second-order valence-corrected chi connectivity index (χ2v) is 7.13. The average molecular weight is 318 g/mol. The number of rotatable bonds is 8. The van der Waals surface area contributed by atoms with Gasteiger partial charge in [-0.25, -0.2) is 0 Å². The third-order valence-electron chi connectivity index (χ3n) is 4.90. The number of hydrogen-bond donors (Lipinski definition) is 1. The van der Waals surface area contributed by atoms with Crippen LogP contribution in [0.2, 0.25) is 0 Å². The molecule has 1 fully saturated rings. The molecule has 0 aromatic heterocycles. The molecule has 0 aliphatic carbocycles. The lowest BCUT2D eigenvalue weighted by molar-refractivity contribution is 0.138. The molecule has 0 bridgehead atoms. The molecule has 0 amide bonds. The van der Waals surface area contributed by atoms with Crippen molar-refractivity contribution in [2.24, 2.45) is 5.92 Å². The third-order valence-corrected chi connectivity index (χ3v) is 4.90. The van der Waals surface area contributed by atoms with Gasteiger partial charge in [-0.1, -0.05) is 52.0 Å². The Bertz CT molecular complexity index is 431. The van der Waals surface area contributed by atoms with Crippen molar-refractivity contribution in [2.75, 3.05) is 45.8 Å². The van der Waals surface area contributed by atoms with E-state index in [4.69, 9.17) is 0 Å². The van der Waals surface area contributed by atoms with Gasteiger partial charge in [-0.05, 0) is 36.6 Å². The van der Waals surface area contributed by atoms with Gasteiger partial charge >= 0.3 is 0 Å². The highest BCUT2D eigenvalue weighted by Gasteiger charge is 2.22. The highest BCUT2D eigenvalue weighted by molar-refractivity contribution is 5.26. The molecule has 130 valence electrons. The Morgan fingerprint density at radius 3 is 2.17 bits per heavy atom. The van der Waals surface area contributed by atoms with Crippen LogP contribution >= 0.6 is 0 Å². The van der Waals surface area contributed by atoms with E-state index in [1.807, 2.05) is 0 Å². The quantitative estimate of drug-likeness (QED) is 0.794. The lowest BCUT2D eigenvalue weighted by Crippen LogP contribution is -2.47. The van der Waals surface area contributed by atoms with Crippen molar-refractivity contribution in [1.82, 2.24) is 15.1 Å². The van der Waals surface area contributed by atoms with Gasteiger partial charge in [0.1, 0.15) is 0 Å². The van der Waals surface area contributed by atoms with Gasteiger partial charge in [-0.15, -0.1) is 0 Å². The zero-order valence-electron chi connectivity index (χ0n) is 15.5. The first-order valence-corrected chi connectivity index (χ1v) is 9.40. The number of hydrogen-bond acceptors (Lipinski definition) is 3. The molecule has 3 heteroatoms. The summed E-state index contributed by atoms with van der Waals surface area (Å²) in [6, 6.07) is 9.91. The number of nitrogens with one attached hydrogen (secondary N) is 1. The Morgan fingerprint density at radius 2 is 1.65 bits per heavy atom. The van der Waals surface area contributed by atoms with E-state index in [2.05, 4.69) is 67.1 Å². The molecular weight excluding hydrogens is 282 g/mol. The van der Waals surface area contributed by atoms with Gasteiger partial charge in [0, 0.05) is 38.8 Å². The van der Waals surface area contributed by atoms with Crippen molar-refractivity contribution >= 4 is 0 Å². The maximum Gasteiger partial charge on any atom is 0.0474 e. The molecule has 1 aromatic rings. The second kappa shape index (κ2) is 9.41. The molecule has 1 saturated heterocycles. The van der Waals surface area contributed by atoms with Crippen LogP contribution in [0, 0.1) is 5.92 Å². The summed E-state index contributed by atoms with van der Waals surface area (Å²) in [4.78, 5) is 5.21. The zero-order chi connectivity index (χ0) is 16.7. The van der Waals surface area contributed by atoms with Gasteiger partial charge in [-0.3, -0.25) is 9.80 Å².